The van der Waals surface area contributed by atoms with Crippen LogP contribution in [-0.2, 0) is 29.3 Å². The number of ether oxygens (including phenoxy) is 3. The molecular weight excluding hydrogens is 937 g/mol. The van der Waals surface area contributed by atoms with Crippen molar-refractivity contribution in [2.45, 2.75) is 76.4 Å². The number of fused-ring (bicyclic) bond motifs is 1. The van der Waals surface area contributed by atoms with E-state index in [0.717, 1.165) is 4.90 Å². The minimum absolute atomic E-state index is 0.0256. The summed E-state index contributed by atoms with van der Waals surface area (Å²) in [6.45, 7) is 9.24. The topological polar surface area (TPSA) is 194 Å². The van der Waals surface area contributed by atoms with Gasteiger partial charge in [-0.25, -0.2) is 8.78 Å². The van der Waals surface area contributed by atoms with Gasteiger partial charge in [-0.05, 0) is 77.9 Å². The number of anilines is 2. The van der Waals surface area contributed by atoms with E-state index in [1.165, 1.54) is 43.5 Å². The molecule has 4 aromatic carbocycles. The van der Waals surface area contributed by atoms with Crippen LogP contribution in [0.4, 0.5) is 20.2 Å². The van der Waals surface area contributed by atoms with Gasteiger partial charge in [0.15, 0.2) is 0 Å². The lowest BCUT2D eigenvalue weighted by Gasteiger charge is -2.40. The Kier molecular flexibility index (Phi) is 15.7. The lowest BCUT2D eigenvalue weighted by molar-refractivity contribution is -0.136. The fourth-order valence-corrected chi connectivity index (χ4v) is 9.77. The van der Waals surface area contributed by atoms with Crippen LogP contribution in [0.5, 0.6) is 5.75 Å². The van der Waals surface area contributed by atoms with Crippen molar-refractivity contribution in [3.8, 4) is 5.75 Å². The molecule has 1 unspecified atom stereocenters. The molecule has 4 aromatic rings. The number of amides is 6. The number of nitrogens with zero attached hydrogens (tertiary/aromatic N) is 1. The van der Waals surface area contributed by atoms with Gasteiger partial charge in [-0.15, -0.1) is 0 Å². The van der Waals surface area contributed by atoms with E-state index in [0.29, 0.717) is 18.7 Å². The molecular formula is C50H54Cl2F2N6O9. The van der Waals surface area contributed by atoms with Gasteiger partial charge in [-0.3, -0.25) is 39.0 Å². The molecule has 5 atom stereocenters. The van der Waals surface area contributed by atoms with Crippen LogP contribution in [0.25, 0.3) is 0 Å². The molecule has 0 radical (unpaired) electrons. The third kappa shape index (κ3) is 10.9. The molecule has 0 aromatic heterocycles. The zero-order valence-corrected chi connectivity index (χ0v) is 40.2. The Balaban J connectivity index is 0.908. The molecule has 3 heterocycles. The van der Waals surface area contributed by atoms with Crippen LogP contribution in [0.3, 0.4) is 0 Å². The van der Waals surface area contributed by atoms with Gasteiger partial charge in [0.05, 0.1) is 61.4 Å². The van der Waals surface area contributed by atoms with Crippen LogP contribution in [0.2, 0.25) is 10.0 Å². The Hall–Kier alpha value is -5.98. The van der Waals surface area contributed by atoms with E-state index in [1.54, 1.807) is 36.4 Å². The Morgan fingerprint density at radius 2 is 1.61 bits per heavy atom. The summed E-state index contributed by atoms with van der Waals surface area (Å²) in [6.07, 6.45) is 0.575. The van der Waals surface area contributed by atoms with Crippen LogP contribution in [0, 0.1) is 17.0 Å². The van der Waals surface area contributed by atoms with Crippen molar-refractivity contribution in [2.24, 2.45) is 5.41 Å². The fourth-order valence-electron chi connectivity index (χ4n) is 9.43. The van der Waals surface area contributed by atoms with Gasteiger partial charge in [0, 0.05) is 53.2 Å². The summed E-state index contributed by atoms with van der Waals surface area (Å²) in [5.74, 6) is -5.37. The average molecular weight is 992 g/mol. The van der Waals surface area contributed by atoms with Crippen molar-refractivity contribution >= 4 is 70.0 Å². The largest absolute Gasteiger partial charge is 0.495 e. The standard InChI is InChI=1S/C50H54Cl2F2N6O9/c1-49(2,3)26-38-50(4,31-14-13-28(51)25-33(31)53)41(30-9-6-10-32(52)42(30)54)43(58-38)46(64)57-34-15-12-27(24-37(34)67-5)44(62)56-19-21-69-23-22-68-20-18-55-35-11-7-8-29-40(35)48(66)60(47(29)65)36-16-17-39(61)59-45(36)63/h6-15,24-25,36,38,41,43,55,58H,16-23,26H2,1-5H3,(H,56,62)(H,57,64)(H,59,61,63)/t36?,38-,41-,43+,50-/m0/s1. The van der Waals surface area contributed by atoms with Gasteiger partial charge in [-0.2, -0.15) is 0 Å². The SMILES string of the molecule is COc1cc(C(=O)NCCOCCOCCNc2cccc3c2C(=O)N(C2CCC(=O)NC2=O)C3=O)ccc1NC(=O)[C@@H]1N[C@@H](CC(C)(C)C)[C@](C)(c2ccc(Cl)cc2F)[C@H]1c1cccc(Cl)c1F. The Labute approximate surface area is 408 Å². The molecule has 3 aliphatic heterocycles. The summed E-state index contributed by atoms with van der Waals surface area (Å²) in [5, 5.41) is 14.5. The minimum atomic E-state index is -1.18. The highest BCUT2D eigenvalue weighted by Gasteiger charge is 2.58. The molecule has 2 saturated heterocycles. The van der Waals surface area contributed by atoms with E-state index in [-0.39, 0.29) is 101 Å². The lowest BCUT2D eigenvalue weighted by atomic mass is 9.63. The second-order valence-electron chi connectivity index (χ2n) is 18.5. The van der Waals surface area contributed by atoms with E-state index in [1.807, 2.05) is 27.7 Å². The number of rotatable bonds is 18. The smallest absolute Gasteiger partial charge is 0.264 e. The first-order valence-electron chi connectivity index (χ1n) is 22.5. The van der Waals surface area contributed by atoms with Gasteiger partial charge in [0.2, 0.25) is 17.7 Å². The minimum Gasteiger partial charge on any atom is -0.495 e. The van der Waals surface area contributed by atoms with Gasteiger partial charge in [0.25, 0.3) is 17.7 Å². The van der Waals surface area contributed by atoms with Crippen LogP contribution >= 0.6 is 23.2 Å². The number of halogens is 4. The zero-order valence-electron chi connectivity index (χ0n) is 38.7. The molecule has 6 amide bonds. The molecule has 0 spiro atoms. The van der Waals surface area contributed by atoms with E-state index in [4.69, 9.17) is 37.4 Å². The average Bonchev–Trinajstić information content (AvgIpc) is 3.72. The Morgan fingerprint density at radius 1 is 0.884 bits per heavy atom. The molecule has 19 heteroatoms. The molecule has 0 bridgehead atoms. The van der Waals surface area contributed by atoms with E-state index >= 15 is 8.78 Å². The predicted molar refractivity (Wildman–Crippen MR) is 255 cm³/mol. The van der Waals surface area contributed by atoms with E-state index in [9.17, 15) is 28.8 Å². The van der Waals surface area contributed by atoms with Crippen molar-refractivity contribution in [1.82, 2.24) is 20.9 Å². The van der Waals surface area contributed by atoms with Gasteiger partial charge >= 0.3 is 0 Å². The Bertz CT molecular complexity index is 2670. The molecule has 15 nitrogen and oxygen atoms in total. The summed E-state index contributed by atoms with van der Waals surface area (Å²) in [7, 11) is 1.39. The molecule has 5 N–H and O–H groups in total. The van der Waals surface area contributed by atoms with Gasteiger partial charge in [0.1, 0.15) is 23.4 Å². The molecule has 0 aliphatic carbocycles. The maximum Gasteiger partial charge on any atom is 0.264 e. The third-order valence-electron chi connectivity index (χ3n) is 12.7. The van der Waals surface area contributed by atoms with Crippen molar-refractivity contribution in [3.05, 3.63) is 122 Å². The summed E-state index contributed by atoms with van der Waals surface area (Å²) >= 11 is 12.5. The number of piperidine rings is 1. The van der Waals surface area contributed by atoms with Crippen molar-refractivity contribution in [3.63, 3.8) is 0 Å². The van der Waals surface area contributed by atoms with Crippen LogP contribution in [0.15, 0.2) is 72.8 Å². The first-order valence-corrected chi connectivity index (χ1v) is 23.3. The maximum atomic E-state index is 16.1. The first kappa shape index (κ1) is 50.9. The molecule has 69 heavy (non-hydrogen) atoms. The molecule has 366 valence electrons. The second-order valence-corrected chi connectivity index (χ2v) is 19.3. The zero-order chi connectivity index (χ0) is 49.8. The lowest BCUT2D eigenvalue weighted by Crippen LogP contribution is -2.54. The predicted octanol–water partition coefficient (Wildman–Crippen LogP) is 7.01. The number of nitrogens with one attached hydrogen (secondary N) is 5. The van der Waals surface area contributed by atoms with Gasteiger partial charge in [-0.1, -0.05) is 75.2 Å². The molecule has 3 aliphatic rings. The summed E-state index contributed by atoms with van der Waals surface area (Å²) < 4.78 is 49.0. The maximum absolute atomic E-state index is 16.1. The highest BCUT2D eigenvalue weighted by molar-refractivity contribution is 6.31. The number of imide groups is 2. The highest BCUT2D eigenvalue weighted by atomic mass is 35.5. The fraction of sp³-hybridized carbons (Fsp3) is 0.400. The van der Waals surface area contributed by atoms with Crippen molar-refractivity contribution < 1.29 is 51.8 Å². The molecule has 7 rings (SSSR count). The van der Waals surface area contributed by atoms with Crippen LogP contribution in [-0.4, -0.2) is 105 Å². The second kappa shape index (κ2) is 21.3. The summed E-state index contributed by atoms with van der Waals surface area (Å²) in [5.41, 5.74) is 0.160. The van der Waals surface area contributed by atoms with Gasteiger partial charge < -0.3 is 35.5 Å². The van der Waals surface area contributed by atoms with E-state index in [2.05, 4.69) is 26.6 Å². The Morgan fingerprint density at radius 3 is 2.30 bits per heavy atom. The number of methoxy groups -OCH3 is 1. The number of carbonyl (C=O) groups excluding carboxylic acids is 6. The highest BCUT2D eigenvalue weighted by Crippen LogP contribution is 2.53. The van der Waals surface area contributed by atoms with Crippen molar-refractivity contribution in [1.29, 1.82) is 0 Å². The van der Waals surface area contributed by atoms with Crippen LogP contribution < -0.4 is 31.3 Å². The number of hydrogen-bond acceptors (Lipinski definition) is 11. The first-order chi connectivity index (χ1) is 32.8. The quantitative estimate of drug-likeness (QED) is 0.0509. The molecule has 0 saturated carbocycles. The summed E-state index contributed by atoms with van der Waals surface area (Å²) in [6, 6.07) is 15.6. The normalized spacial score (nSPS) is 21.3. The molecule has 2 fully saturated rings. The number of hydrogen-bond donors (Lipinski definition) is 5. The number of benzene rings is 4. The summed E-state index contributed by atoms with van der Waals surface area (Å²) in [4.78, 5) is 79.0. The van der Waals surface area contributed by atoms with Crippen molar-refractivity contribution in [2.75, 3.05) is 57.3 Å². The monoisotopic (exact) mass is 990 g/mol. The van der Waals surface area contributed by atoms with E-state index < -0.39 is 76.5 Å². The number of carbonyl (C=O) groups is 6. The third-order valence-corrected chi connectivity index (χ3v) is 13.2. The van der Waals surface area contributed by atoms with Crippen LogP contribution in [0.1, 0.15) is 95.1 Å².